The van der Waals surface area contributed by atoms with Gasteiger partial charge in [-0.1, -0.05) is 29.8 Å². The fraction of sp³-hybridized carbons (Fsp3) is 0.455. The summed E-state index contributed by atoms with van der Waals surface area (Å²) in [5.74, 6) is 0. The van der Waals surface area contributed by atoms with E-state index in [1.165, 1.54) is 0 Å². The Morgan fingerprint density at radius 3 is 2.36 bits per heavy atom. The molecule has 1 aliphatic carbocycles. The average molecular weight is 229 g/mol. The number of halogens is 2. The number of epoxide rings is 1. The first-order valence-electron chi connectivity index (χ1n) is 4.76. The Morgan fingerprint density at radius 1 is 1.21 bits per heavy atom. The van der Waals surface area contributed by atoms with Gasteiger partial charge in [-0.25, -0.2) is 0 Å². The van der Waals surface area contributed by atoms with Crippen LogP contribution in [-0.4, -0.2) is 11.5 Å². The molecule has 74 valence electrons. The number of ether oxygens (including phenoxy) is 1. The Labute approximate surface area is 93.0 Å². The highest BCUT2D eigenvalue weighted by Crippen LogP contribution is 2.64. The molecule has 1 atom stereocenters. The maximum absolute atomic E-state index is 6.42. The zero-order valence-corrected chi connectivity index (χ0v) is 9.11. The van der Waals surface area contributed by atoms with Crippen LogP contribution in [-0.2, 0) is 10.3 Å². The second-order valence-corrected chi connectivity index (χ2v) is 5.19. The van der Waals surface area contributed by atoms with E-state index in [2.05, 4.69) is 0 Å². The van der Waals surface area contributed by atoms with Crippen LogP contribution in [0.15, 0.2) is 24.3 Å². The van der Waals surface area contributed by atoms with Crippen LogP contribution in [0.4, 0.5) is 0 Å². The predicted molar refractivity (Wildman–Crippen MR) is 56.9 cm³/mol. The lowest BCUT2D eigenvalue weighted by molar-refractivity contribution is 0.290. The Morgan fingerprint density at radius 2 is 1.86 bits per heavy atom. The van der Waals surface area contributed by atoms with Crippen molar-refractivity contribution in [2.75, 3.05) is 6.61 Å². The Bertz CT molecular complexity index is 381. The standard InChI is InChI=1S/C11H10Cl2O/c12-9-4-2-1-3-8(9)11(7-14-11)10(13)5-6-10/h1-4H,5-7H2. The Balaban J connectivity index is 2.07. The van der Waals surface area contributed by atoms with E-state index in [0.717, 1.165) is 23.4 Å². The van der Waals surface area contributed by atoms with Crippen molar-refractivity contribution >= 4 is 23.2 Å². The molecule has 3 rings (SSSR count). The topological polar surface area (TPSA) is 12.5 Å². The van der Waals surface area contributed by atoms with Crippen molar-refractivity contribution in [2.45, 2.75) is 23.3 Å². The van der Waals surface area contributed by atoms with Gasteiger partial charge in [0.15, 0.2) is 0 Å². The minimum atomic E-state index is -0.285. The van der Waals surface area contributed by atoms with Crippen LogP contribution in [0.5, 0.6) is 0 Å². The van der Waals surface area contributed by atoms with E-state index in [9.17, 15) is 0 Å². The van der Waals surface area contributed by atoms with Gasteiger partial charge in [0.05, 0.1) is 11.5 Å². The van der Waals surface area contributed by atoms with Crippen LogP contribution < -0.4 is 0 Å². The quantitative estimate of drug-likeness (QED) is 0.559. The molecular weight excluding hydrogens is 219 g/mol. The molecule has 0 aromatic heterocycles. The van der Waals surface area contributed by atoms with E-state index in [4.69, 9.17) is 27.9 Å². The third kappa shape index (κ3) is 1.06. The maximum atomic E-state index is 6.42. The van der Waals surface area contributed by atoms with Crippen LogP contribution in [0.1, 0.15) is 18.4 Å². The van der Waals surface area contributed by atoms with Crippen molar-refractivity contribution < 1.29 is 4.74 Å². The predicted octanol–water partition coefficient (Wildman–Crippen LogP) is 3.34. The van der Waals surface area contributed by atoms with E-state index in [-0.39, 0.29) is 10.5 Å². The molecule has 14 heavy (non-hydrogen) atoms. The number of alkyl halides is 1. The first-order chi connectivity index (χ1) is 6.68. The number of benzene rings is 1. The van der Waals surface area contributed by atoms with Gasteiger partial charge in [0.2, 0.25) is 0 Å². The molecule has 1 nitrogen and oxygen atoms in total. The summed E-state index contributed by atoms with van der Waals surface area (Å²) in [5.41, 5.74) is 0.765. The summed E-state index contributed by atoms with van der Waals surface area (Å²) < 4.78 is 5.57. The summed E-state index contributed by atoms with van der Waals surface area (Å²) in [6, 6.07) is 7.81. The fourth-order valence-corrected chi connectivity index (χ4v) is 2.62. The minimum absolute atomic E-state index is 0.183. The highest BCUT2D eigenvalue weighted by Gasteiger charge is 2.68. The monoisotopic (exact) mass is 228 g/mol. The first-order valence-corrected chi connectivity index (χ1v) is 5.51. The second-order valence-electron chi connectivity index (χ2n) is 4.06. The van der Waals surface area contributed by atoms with Gasteiger partial charge in [-0.3, -0.25) is 0 Å². The molecule has 0 amide bonds. The minimum Gasteiger partial charge on any atom is -0.363 e. The van der Waals surface area contributed by atoms with Gasteiger partial charge in [-0.15, -0.1) is 11.6 Å². The molecule has 0 bridgehead atoms. The highest BCUT2D eigenvalue weighted by atomic mass is 35.5. The van der Waals surface area contributed by atoms with Crippen molar-refractivity contribution in [1.29, 1.82) is 0 Å². The summed E-state index contributed by atoms with van der Waals surface area (Å²) in [7, 11) is 0. The van der Waals surface area contributed by atoms with E-state index < -0.39 is 0 Å². The lowest BCUT2D eigenvalue weighted by atomic mass is 9.94. The van der Waals surface area contributed by atoms with Gasteiger partial charge in [0, 0.05) is 10.6 Å². The zero-order chi connectivity index (χ0) is 9.81. The molecule has 0 N–H and O–H groups in total. The molecular formula is C11H10Cl2O. The molecule has 3 heteroatoms. The summed E-state index contributed by atoms with van der Waals surface area (Å²) >= 11 is 12.6. The van der Waals surface area contributed by atoms with Crippen molar-refractivity contribution in [3.8, 4) is 0 Å². The number of rotatable bonds is 2. The highest BCUT2D eigenvalue weighted by molar-refractivity contribution is 6.32. The van der Waals surface area contributed by atoms with Crippen LogP contribution in [0.25, 0.3) is 0 Å². The van der Waals surface area contributed by atoms with Crippen molar-refractivity contribution in [3.63, 3.8) is 0 Å². The van der Waals surface area contributed by atoms with Crippen molar-refractivity contribution in [3.05, 3.63) is 34.9 Å². The summed E-state index contributed by atoms with van der Waals surface area (Å²) in [4.78, 5) is -0.183. The molecule has 1 heterocycles. The maximum Gasteiger partial charge on any atom is 0.137 e. The van der Waals surface area contributed by atoms with Crippen molar-refractivity contribution in [1.82, 2.24) is 0 Å². The van der Waals surface area contributed by atoms with Gasteiger partial charge in [0.1, 0.15) is 5.60 Å². The molecule has 1 aromatic rings. The molecule has 1 saturated heterocycles. The van der Waals surface area contributed by atoms with Gasteiger partial charge < -0.3 is 4.74 Å². The SMILES string of the molecule is Clc1ccccc1C1(C2(Cl)CC2)CO1. The van der Waals surface area contributed by atoms with Crippen LogP contribution in [0.3, 0.4) is 0 Å². The fourth-order valence-electron chi connectivity index (χ4n) is 2.03. The Kier molecular flexibility index (Phi) is 1.71. The third-order valence-corrected chi connectivity index (χ3v) is 4.17. The number of hydrogen-bond acceptors (Lipinski definition) is 1. The summed E-state index contributed by atoms with van der Waals surface area (Å²) in [5, 5.41) is 0.761. The lowest BCUT2D eigenvalue weighted by Crippen LogP contribution is -2.24. The molecule has 1 aliphatic heterocycles. The Hall–Kier alpha value is -0.240. The van der Waals surface area contributed by atoms with E-state index >= 15 is 0 Å². The number of hydrogen-bond donors (Lipinski definition) is 0. The van der Waals surface area contributed by atoms with Gasteiger partial charge in [-0.2, -0.15) is 0 Å². The van der Waals surface area contributed by atoms with Crippen LogP contribution >= 0.6 is 23.2 Å². The molecule has 0 spiro atoms. The van der Waals surface area contributed by atoms with Gasteiger partial charge in [-0.05, 0) is 18.9 Å². The van der Waals surface area contributed by atoms with Gasteiger partial charge >= 0.3 is 0 Å². The smallest absolute Gasteiger partial charge is 0.137 e. The molecule has 0 radical (unpaired) electrons. The van der Waals surface area contributed by atoms with Crippen LogP contribution in [0.2, 0.25) is 5.02 Å². The van der Waals surface area contributed by atoms with E-state index in [1.807, 2.05) is 24.3 Å². The second kappa shape index (κ2) is 2.66. The summed E-state index contributed by atoms with van der Waals surface area (Å²) in [6.45, 7) is 0.709. The van der Waals surface area contributed by atoms with E-state index in [1.54, 1.807) is 0 Å². The molecule has 2 aliphatic rings. The van der Waals surface area contributed by atoms with Gasteiger partial charge in [0.25, 0.3) is 0 Å². The lowest BCUT2D eigenvalue weighted by Gasteiger charge is -2.18. The first kappa shape index (κ1) is 9.02. The van der Waals surface area contributed by atoms with E-state index in [0.29, 0.717) is 6.61 Å². The zero-order valence-electron chi connectivity index (χ0n) is 7.59. The molecule has 2 fully saturated rings. The largest absolute Gasteiger partial charge is 0.363 e. The summed E-state index contributed by atoms with van der Waals surface area (Å²) in [6.07, 6.45) is 2.06. The van der Waals surface area contributed by atoms with Crippen molar-refractivity contribution in [2.24, 2.45) is 0 Å². The normalized spacial score (nSPS) is 32.7. The van der Waals surface area contributed by atoms with Crippen LogP contribution in [0, 0.1) is 0 Å². The molecule has 1 unspecified atom stereocenters. The third-order valence-electron chi connectivity index (χ3n) is 3.15. The molecule has 1 aromatic carbocycles. The molecule has 1 saturated carbocycles. The average Bonchev–Trinajstić information content (AvgIpc) is 3.01.